The van der Waals surface area contributed by atoms with Gasteiger partial charge in [-0.25, -0.2) is 9.78 Å². The minimum absolute atomic E-state index is 0.238. The van der Waals surface area contributed by atoms with Gasteiger partial charge in [-0.15, -0.1) is 0 Å². The predicted molar refractivity (Wildman–Crippen MR) is 65.7 cm³/mol. The second kappa shape index (κ2) is 5.86. The van der Waals surface area contributed by atoms with Crippen LogP contribution < -0.4 is 4.74 Å². The normalized spacial score (nSPS) is 10.2. The second-order valence-corrected chi connectivity index (χ2v) is 3.84. The first-order chi connectivity index (χ1) is 8.75. The Hall–Kier alpha value is -2.30. The summed E-state index contributed by atoms with van der Waals surface area (Å²) in [5.41, 5.74) is 0.238. The Bertz CT molecular complexity index is 509. The number of hydrogen-bond acceptors (Lipinski definition) is 3. The highest BCUT2D eigenvalue weighted by atomic mass is 16.5. The van der Waals surface area contributed by atoms with E-state index in [1.165, 1.54) is 6.07 Å². The number of aryl methyl sites for hydroxylation is 1. The van der Waals surface area contributed by atoms with Crippen molar-refractivity contribution in [2.75, 3.05) is 6.61 Å². The summed E-state index contributed by atoms with van der Waals surface area (Å²) in [6, 6.07) is 6.50. The van der Waals surface area contributed by atoms with Gasteiger partial charge >= 0.3 is 5.97 Å². The van der Waals surface area contributed by atoms with Crippen molar-refractivity contribution in [3.63, 3.8) is 0 Å². The highest BCUT2D eigenvalue weighted by molar-refractivity contribution is 5.87. The number of hydrogen-bond donors (Lipinski definition) is 1. The smallest absolute Gasteiger partial charge is 0.335 e. The summed E-state index contributed by atoms with van der Waals surface area (Å²) in [6.07, 6.45) is 6.22. The molecule has 1 heterocycles. The Morgan fingerprint density at radius 3 is 3.06 bits per heavy atom. The van der Waals surface area contributed by atoms with Crippen LogP contribution in [0.2, 0.25) is 0 Å². The molecule has 0 aliphatic heterocycles. The van der Waals surface area contributed by atoms with Crippen LogP contribution in [0.4, 0.5) is 0 Å². The summed E-state index contributed by atoms with van der Waals surface area (Å²) in [7, 11) is 0. The molecule has 1 aromatic carbocycles. The van der Waals surface area contributed by atoms with E-state index in [2.05, 4.69) is 4.98 Å². The average molecular weight is 246 g/mol. The summed E-state index contributed by atoms with van der Waals surface area (Å²) in [5.74, 6) is -0.362. The van der Waals surface area contributed by atoms with Crippen molar-refractivity contribution in [2.24, 2.45) is 0 Å². The molecule has 0 atom stereocenters. The van der Waals surface area contributed by atoms with Gasteiger partial charge in [0, 0.05) is 18.9 Å². The van der Waals surface area contributed by atoms with Gasteiger partial charge in [-0.1, -0.05) is 6.07 Å². The number of nitrogens with zero attached hydrogens (tertiary/aromatic N) is 2. The molecule has 18 heavy (non-hydrogen) atoms. The van der Waals surface area contributed by atoms with Crippen molar-refractivity contribution in [1.82, 2.24) is 9.55 Å². The van der Waals surface area contributed by atoms with E-state index in [0.717, 1.165) is 13.0 Å². The number of ether oxygens (including phenoxy) is 1. The lowest BCUT2D eigenvalue weighted by molar-refractivity contribution is 0.0696. The molecule has 94 valence electrons. The zero-order valence-electron chi connectivity index (χ0n) is 9.82. The van der Waals surface area contributed by atoms with Gasteiger partial charge in [0.2, 0.25) is 0 Å². The van der Waals surface area contributed by atoms with Crippen molar-refractivity contribution in [3.8, 4) is 5.75 Å². The molecule has 0 unspecified atom stereocenters. The molecule has 0 saturated carbocycles. The van der Waals surface area contributed by atoms with Crippen LogP contribution >= 0.6 is 0 Å². The molecule has 0 bridgehead atoms. The van der Waals surface area contributed by atoms with Crippen LogP contribution in [0.25, 0.3) is 0 Å². The van der Waals surface area contributed by atoms with E-state index in [0.29, 0.717) is 12.4 Å². The van der Waals surface area contributed by atoms with E-state index in [-0.39, 0.29) is 5.56 Å². The molecule has 0 radical (unpaired) electrons. The third-order valence-electron chi connectivity index (χ3n) is 2.47. The maximum Gasteiger partial charge on any atom is 0.335 e. The van der Waals surface area contributed by atoms with Gasteiger partial charge in [0.25, 0.3) is 0 Å². The van der Waals surface area contributed by atoms with E-state index >= 15 is 0 Å². The molecule has 5 nitrogen and oxygen atoms in total. The minimum Gasteiger partial charge on any atom is -0.494 e. The number of carboxylic acid groups (broad SMARTS) is 1. The van der Waals surface area contributed by atoms with Crippen molar-refractivity contribution < 1.29 is 14.6 Å². The maximum absolute atomic E-state index is 10.8. The molecule has 2 aromatic rings. The lowest BCUT2D eigenvalue weighted by atomic mass is 10.2. The molecule has 2 rings (SSSR count). The molecule has 0 saturated heterocycles. The molecule has 0 fully saturated rings. The Kier molecular flexibility index (Phi) is 3.96. The van der Waals surface area contributed by atoms with E-state index in [9.17, 15) is 4.79 Å². The van der Waals surface area contributed by atoms with Crippen LogP contribution in [-0.2, 0) is 6.54 Å². The van der Waals surface area contributed by atoms with Gasteiger partial charge in [-0.05, 0) is 24.6 Å². The minimum atomic E-state index is -0.945. The Morgan fingerprint density at radius 2 is 2.33 bits per heavy atom. The lowest BCUT2D eigenvalue weighted by Gasteiger charge is -2.07. The molecular weight excluding hydrogens is 232 g/mol. The van der Waals surface area contributed by atoms with Gasteiger partial charge in [-0.2, -0.15) is 0 Å². The average Bonchev–Trinajstić information content (AvgIpc) is 2.88. The predicted octanol–water partition coefficient (Wildman–Crippen LogP) is 2.05. The number of rotatable bonds is 6. The van der Waals surface area contributed by atoms with E-state index < -0.39 is 5.97 Å². The molecule has 0 aliphatic carbocycles. The van der Waals surface area contributed by atoms with Crippen LogP contribution in [0.5, 0.6) is 5.75 Å². The summed E-state index contributed by atoms with van der Waals surface area (Å²) >= 11 is 0. The third kappa shape index (κ3) is 3.35. The standard InChI is InChI=1S/C13H14N2O3/c16-13(17)11-3-1-4-12(9-11)18-8-2-6-15-7-5-14-10-15/h1,3-5,7,9-10H,2,6,8H2,(H,16,17). The first-order valence-electron chi connectivity index (χ1n) is 5.67. The molecular formula is C13H14N2O3. The first-order valence-corrected chi connectivity index (χ1v) is 5.67. The number of carboxylic acids is 1. The fraction of sp³-hybridized carbons (Fsp3) is 0.231. The SMILES string of the molecule is O=C(O)c1cccc(OCCCn2ccnc2)c1. The van der Waals surface area contributed by atoms with Crippen LogP contribution in [0.15, 0.2) is 43.0 Å². The number of carbonyl (C=O) groups is 1. The van der Waals surface area contributed by atoms with E-state index in [1.807, 2.05) is 10.8 Å². The van der Waals surface area contributed by atoms with Crippen molar-refractivity contribution >= 4 is 5.97 Å². The van der Waals surface area contributed by atoms with E-state index in [1.54, 1.807) is 30.7 Å². The molecule has 0 aliphatic rings. The molecule has 5 heteroatoms. The van der Waals surface area contributed by atoms with Crippen LogP contribution in [0, 0.1) is 0 Å². The van der Waals surface area contributed by atoms with Crippen LogP contribution in [0.1, 0.15) is 16.8 Å². The van der Waals surface area contributed by atoms with Gasteiger partial charge in [0.1, 0.15) is 5.75 Å². The molecule has 0 spiro atoms. The highest BCUT2D eigenvalue weighted by Crippen LogP contribution is 2.13. The van der Waals surface area contributed by atoms with E-state index in [4.69, 9.17) is 9.84 Å². The zero-order chi connectivity index (χ0) is 12.8. The van der Waals surface area contributed by atoms with Crippen molar-refractivity contribution in [3.05, 3.63) is 48.5 Å². The second-order valence-electron chi connectivity index (χ2n) is 3.84. The maximum atomic E-state index is 10.8. The summed E-state index contributed by atoms with van der Waals surface area (Å²) in [5, 5.41) is 8.84. The summed E-state index contributed by atoms with van der Waals surface area (Å²) in [4.78, 5) is 14.7. The number of imidazole rings is 1. The van der Waals surface area contributed by atoms with Crippen molar-refractivity contribution in [2.45, 2.75) is 13.0 Å². The Labute approximate surface area is 105 Å². The fourth-order valence-corrected chi connectivity index (χ4v) is 1.58. The summed E-state index contributed by atoms with van der Waals surface area (Å²) < 4.78 is 7.47. The number of aromatic nitrogens is 2. The quantitative estimate of drug-likeness (QED) is 0.792. The number of aromatic carboxylic acids is 1. The molecule has 0 amide bonds. The Balaban J connectivity index is 1.79. The van der Waals surface area contributed by atoms with Crippen molar-refractivity contribution in [1.29, 1.82) is 0 Å². The van der Waals surface area contributed by atoms with Gasteiger partial charge in [0.05, 0.1) is 18.5 Å². The van der Waals surface area contributed by atoms with Crippen LogP contribution in [0.3, 0.4) is 0 Å². The summed E-state index contributed by atoms with van der Waals surface area (Å²) in [6.45, 7) is 1.37. The largest absolute Gasteiger partial charge is 0.494 e. The Morgan fingerprint density at radius 1 is 1.44 bits per heavy atom. The topological polar surface area (TPSA) is 64.3 Å². The third-order valence-corrected chi connectivity index (χ3v) is 2.47. The molecule has 1 aromatic heterocycles. The fourth-order valence-electron chi connectivity index (χ4n) is 1.58. The first kappa shape index (κ1) is 12.2. The van der Waals surface area contributed by atoms with Gasteiger partial charge in [-0.3, -0.25) is 0 Å². The highest BCUT2D eigenvalue weighted by Gasteiger charge is 2.03. The van der Waals surface area contributed by atoms with Crippen LogP contribution in [-0.4, -0.2) is 27.2 Å². The lowest BCUT2D eigenvalue weighted by Crippen LogP contribution is -2.04. The monoisotopic (exact) mass is 246 g/mol. The van der Waals surface area contributed by atoms with Gasteiger partial charge < -0.3 is 14.4 Å². The van der Waals surface area contributed by atoms with Gasteiger partial charge in [0.15, 0.2) is 0 Å². The number of benzene rings is 1. The molecule has 1 N–H and O–H groups in total. The zero-order valence-corrected chi connectivity index (χ0v) is 9.82.